The highest BCUT2D eigenvalue weighted by molar-refractivity contribution is 6.35. The number of carbonyl (C=O) groups excluding carboxylic acids is 1. The molecule has 128 valence electrons. The van der Waals surface area contributed by atoms with Crippen LogP contribution in [0.2, 0.25) is 0 Å². The topological polar surface area (TPSA) is 135 Å². The molecule has 0 saturated heterocycles. The molecule has 1 aromatic rings. The summed E-state index contributed by atoms with van der Waals surface area (Å²) in [5, 5.41) is 23.5. The summed E-state index contributed by atoms with van der Waals surface area (Å²) >= 11 is 0. The first-order valence-corrected chi connectivity index (χ1v) is 7.11. The number of nitrogens with one attached hydrogen (secondary N) is 1. The summed E-state index contributed by atoms with van der Waals surface area (Å²) in [5.74, 6) is -2.50. The third-order valence-corrected chi connectivity index (χ3v) is 3.28. The van der Waals surface area contributed by atoms with Gasteiger partial charge in [-0.3, -0.25) is 0 Å². The van der Waals surface area contributed by atoms with E-state index in [1.54, 1.807) is 24.3 Å². The first-order valence-electron chi connectivity index (χ1n) is 7.11. The fourth-order valence-electron chi connectivity index (χ4n) is 2.07. The molecule has 0 radical (unpaired) electrons. The van der Waals surface area contributed by atoms with E-state index >= 15 is 0 Å². The van der Waals surface area contributed by atoms with Crippen LogP contribution in [0.3, 0.4) is 0 Å². The molecule has 0 spiro atoms. The van der Waals surface area contributed by atoms with Crippen molar-refractivity contribution in [1.29, 1.82) is 0 Å². The van der Waals surface area contributed by atoms with Crippen molar-refractivity contribution in [3.8, 4) is 0 Å². The molecule has 1 amide bonds. The molecular weight excluding hydrogens is 320 g/mol. The van der Waals surface area contributed by atoms with E-state index in [0.717, 1.165) is 5.56 Å². The van der Waals surface area contributed by atoms with Crippen LogP contribution in [-0.4, -0.2) is 46.1 Å². The second-order valence-corrected chi connectivity index (χ2v) is 5.11. The van der Waals surface area contributed by atoms with Gasteiger partial charge in [0.15, 0.2) is 5.71 Å². The van der Waals surface area contributed by atoms with E-state index in [-0.39, 0.29) is 25.2 Å². The summed E-state index contributed by atoms with van der Waals surface area (Å²) in [5.41, 5.74) is 0.578. The second kappa shape index (κ2) is 7.95. The van der Waals surface area contributed by atoms with Crippen LogP contribution in [0.4, 0.5) is 4.79 Å². The Hall–Kier alpha value is -3.10. The molecule has 2 atom stereocenters. The number of amides is 1. The van der Waals surface area contributed by atoms with E-state index in [9.17, 15) is 14.4 Å². The van der Waals surface area contributed by atoms with Gasteiger partial charge in [-0.2, -0.15) is 0 Å². The Bertz CT molecular complexity index is 644. The third kappa shape index (κ3) is 4.97. The molecule has 9 heteroatoms. The Labute approximate surface area is 136 Å². The van der Waals surface area contributed by atoms with Crippen LogP contribution in [0, 0.1) is 0 Å². The number of aliphatic carboxylic acids is 2. The molecule has 0 unspecified atom stereocenters. The molecule has 3 N–H and O–H groups in total. The summed E-state index contributed by atoms with van der Waals surface area (Å²) in [6, 6.07) is 7.64. The largest absolute Gasteiger partial charge is 0.480 e. The van der Waals surface area contributed by atoms with Gasteiger partial charge in [0.25, 0.3) is 0 Å². The zero-order valence-corrected chi connectivity index (χ0v) is 12.5. The lowest BCUT2D eigenvalue weighted by Gasteiger charge is -2.17. The Morgan fingerprint density at radius 3 is 2.58 bits per heavy atom. The number of alkyl carbamates (subject to hydrolysis) is 1. The van der Waals surface area contributed by atoms with E-state index in [0.29, 0.717) is 0 Å². The normalized spacial score (nSPS) is 17.3. The number of hydrogen-bond donors (Lipinski definition) is 3. The third-order valence-electron chi connectivity index (χ3n) is 3.28. The number of benzene rings is 1. The Balaban J connectivity index is 1.82. The Kier molecular flexibility index (Phi) is 5.72. The maximum Gasteiger partial charge on any atom is 0.408 e. The van der Waals surface area contributed by atoms with Crippen molar-refractivity contribution in [3.05, 3.63) is 35.9 Å². The molecule has 0 aliphatic carbocycles. The van der Waals surface area contributed by atoms with Crippen LogP contribution in [-0.2, 0) is 25.8 Å². The summed E-state index contributed by atoms with van der Waals surface area (Å²) in [6.07, 6.45) is -1.77. The van der Waals surface area contributed by atoms with Gasteiger partial charge in [-0.05, 0) is 5.56 Å². The van der Waals surface area contributed by atoms with Gasteiger partial charge in [-0.1, -0.05) is 35.5 Å². The molecule has 2 rings (SSSR count). The van der Waals surface area contributed by atoms with Crippen molar-refractivity contribution >= 4 is 23.7 Å². The number of rotatable bonds is 7. The van der Waals surface area contributed by atoms with Crippen molar-refractivity contribution in [3.63, 3.8) is 0 Å². The van der Waals surface area contributed by atoms with Crippen molar-refractivity contribution in [1.82, 2.24) is 5.32 Å². The number of carboxylic acid groups (broad SMARTS) is 2. The fraction of sp³-hybridized carbons (Fsp3) is 0.333. The van der Waals surface area contributed by atoms with E-state index in [1.165, 1.54) is 0 Å². The van der Waals surface area contributed by atoms with E-state index < -0.39 is 30.2 Å². The van der Waals surface area contributed by atoms with Gasteiger partial charge >= 0.3 is 18.0 Å². The van der Waals surface area contributed by atoms with Crippen LogP contribution in [0.15, 0.2) is 35.5 Å². The molecule has 0 bridgehead atoms. The zero-order chi connectivity index (χ0) is 17.5. The molecule has 0 aromatic heterocycles. The van der Waals surface area contributed by atoms with Crippen LogP contribution < -0.4 is 5.32 Å². The van der Waals surface area contributed by atoms with E-state index in [2.05, 4.69) is 10.5 Å². The second-order valence-electron chi connectivity index (χ2n) is 5.11. The average molecular weight is 336 g/mol. The van der Waals surface area contributed by atoms with Crippen LogP contribution in [0.1, 0.15) is 18.4 Å². The van der Waals surface area contributed by atoms with Crippen LogP contribution in [0.5, 0.6) is 0 Å². The van der Waals surface area contributed by atoms with E-state index in [4.69, 9.17) is 19.8 Å². The van der Waals surface area contributed by atoms with Gasteiger partial charge in [0, 0.05) is 12.8 Å². The van der Waals surface area contributed by atoms with Gasteiger partial charge < -0.3 is 25.1 Å². The molecule has 24 heavy (non-hydrogen) atoms. The number of nitrogens with zero attached hydrogens (tertiary/aromatic N) is 1. The highest BCUT2D eigenvalue weighted by Crippen LogP contribution is 2.16. The molecule has 9 nitrogen and oxygen atoms in total. The molecular formula is C15H16N2O7. The lowest BCUT2D eigenvalue weighted by Crippen LogP contribution is -2.43. The smallest absolute Gasteiger partial charge is 0.408 e. The minimum Gasteiger partial charge on any atom is -0.480 e. The predicted octanol–water partition coefficient (Wildman–Crippen LogP) is 0.986. The summed E-state index contributed by atoms with van der Waals surface area (Å²) < 4.78 is 4.96. The number of hydrogen-bond acceptors (Lipinski definition) is 6. The highest BCUT2D eigenvalue weighted by atomic mass is 16.6. The summed E-state index contributed by atoms with van der Waals surface area (Å²) in [4.78, 5) is 38.6. The van der Waals surface area contributed by atoms with Crippen LogP contribution >= 0.6 is 0 Å². The molecule has 1 aliphatic rings. The van der Waals surface area contributed by atoms with Gasteiger partial charge in [-0.15, -0.1) is 0 Å². The number of oxime groups is 1. The number of carboxylic acids is 2. The van der Waals surface area contributed by atoms with Crippen molar-refractivity contribution in [2.45, 2.75) is 31.6 Å². The van der Waals surface area contributed by atoms with Gasteiger partial charge in [0.05, 0.1) is 0 Å². The SMILES string of the molecule is O=C(N[C@@H](C[C@H]1CC(C(=O)O)=NO1)C(=O)O)OCc1ccccc1. The van der Waals surface area contributed by atoms with Gasteiger partial charge in [0.2, 0.25) is 0 Å². The van der Waals surface area contributed by atoms with Gasteiger partial charge in [-0.25, -0.2) is 14.4 Å². The van der Waals surface area contributed by atoms with Crippen molar-refractivity contribution in [2.75, 3.05) is 0 Å². The Morgan fingerprint density at radius 2 is 2.00 bits per heavy atom. The lowest BCUT2D eigenvalue weighted by molar-refractivity contribution is -0.140. The minimum absolute atomic E-state index is 0.00517. The summed E-state index contributed by atoms with van der Waals surface area (Å²) in [7, 11) is 0. The fourth-order valence-corrected chi connectivity index (χ4v) is 2.07. The predicted molar refractivity (Wildman–Crippen MR) is 80.4 cm³/mol. The van der Waals surface area contributed by atoms with Crippen molar-refractivity contribution in [2.24, 2.45) is 5.16 Å². The first-order chi connectivity index (χ1) is 11.5. The quantitative estimate of drug-likeness (QED) is 0.675. The first kappa shape index (κ1) is 17.3. The maximum absolute atomic E-state index is 11.7. The van der Waals surface area contributed by atoms with Gasteiger partial charge in [0.1, 0.15) is 18.8 Å². The summed E-state index contributed by atoms with van der Waals surface area (Å²) in [6.45, 7) is 0.00517. The average Bonchev–Trinajstić information content (AvgIpc) is 3.02. The Morgan fingerprint density at radius 1 is 1.29 bits per heavy atom. The highest BCUT2D eigenvalue weighted by Gasteiger charge is 2.32. The number of carbonyl (C=O) groups is 3. The molecule has 1 heterocycles. The lowest BCUT2D eigenvalue weighted by atomic mass is 10.1. The molecule has 1 aliphatic heterocycles. The molecule has 0 fully saturated rings. The maximum atomic E-state index is 11.7. The standard InChI is InChI=1S/C15H16N2O7/c18-13(19)11(6-10-7-12(14(20)21)17-24-10)16-15(22)23-8-9-4-2-1-3-5-9/h1-5,10-11H,6-8H2,(H,16,22)(H,18,19)(H,20,21)/t10-,11-/m0/s1. The molecule has 1 aromatic carbocycles. The minimum atomic E-state index is -1.28. The monoisotopic (exact) mass is 336 g/mol. The van der Waals surface area contributed by atoms with Crippen molar-refractivity contribution < 1.29 is 34.2 Å². The number of ether oxygens (including phenoxy) is 1. The van der Waals surface area contributed by atoms with E-state index in [1.807, 2.05) is 6.07 Å². The zero-order valence-electron chi connectivity index (χ0n) is 12.5. The van der Waals surface area contributed by atoms with Crippen LogP contribution in [0.25, 0.3) is 0 Å². The molecule has 0 saturated carbocycles.